The first-order chi connectivity index (χ1) is 4.13. The number of aliphatic hydroxyl groups excluding tert-OH is 1. The number of aliphatic hydroxyl groups is 2. The molecule has 0 fully saturated rings. The van der Waals surface area contributed by atoms with E-state index in [1.807, 2.05) is 0 Å². The van der Waals surface area contributed by atoms with Gasteiger partial charge in [-0.05, 0) is 12.3 Å². The maximum atomic E-state index is 8.34. The zero-order valence-corrected chi connectivity index (χ0v) is 6.09. The van der Waals surface area contributed by atoms with Crippen LogP contribution in [0.25, 0.3) is 0 Å². The Morgan fingerprint density at radius 1 is 1.33 bits per heavy atom. The molecule has 0 amide bonds. The van der Waals surface area contributed by atoms with Gasteiger partial charge in [0, 0.05) is 6.42 Å². The van der Waals surface area contributed by atoms with Crippen molar-refractivity contribution in [3.63, 3.8) is 0 Å². The molecule has 2 heteroatoms. The zero-order valence-electron chi connectivity index (χ0n) is 6.09. The average Bonchev–Trinajstić information content (AvgIpc) is 1.63. The molecule has 0 atom stereocenters. The Kier molecular flexibility index (Phi) is 4.72. The third-order valence-electron chi connectivity index (χ3n) is 1.18. The van der Waals surface area contributed by atoms with E-state index in [9.17, 15) is 0 Å². The lowest BCUT2D eigenvalue weighted by molar-refractivity contribution is 0.0698. The van der Waals surface area contributed by atoms with Gasteiger partial charge in [-0.1, -0.05) is 20.3 Å². The largest absolute Gasteiger partial charge is 0.361 e. The molecule has 0 aromatic rings. The summed E-state index contributed by atoms with van der Waals surface area (Å²) < 4.78 is 0. The topological polar surface area (TPSA) is 40.5 Å². The summed E-state index contributed by atoms with van der Waals surface area (Å²) in [4.78, 5) is 0. The highest BCUT2D eigenvalue weighted by atomic mass is 16.5. The van der Waals surface area contributed by atoms with Gasteiger partial charge in [0.05, 0.1) is 0 Å². The summed E-state index contributed by atoms with van der Waals surface area (Å²) in [7, 11) is 0. The van der Waals surface area contributed by atoms with Crippen LogP contribution in [-0.2, 0) is 0 Å². The Morgan fingerprint density at radius 2 is 1.89 bits per heavy atom. The van der Waals surface area contributed by atoms with Gasteiger partial charge in [-0.3, -0.25) is 0 Å². The Labute approximate surface area is 56.5 Å². The number of hydrogen-bond acceptors (Lipinski definition) is 2. The summed E-state index contributed by atoms with van der Waals surface area (Å²) in [6, 6.07) is 0. The van der Waals surface area contributed by atoms with Gasteiger partial charge in [-0.25, -0.2) is 0 Å². The van der Waals surface area contributed by atoms with Crippen LogP contribution in [-0.4, -0.2) is 10.2 Å². The molecule has 0 heterocycles. The Hall–Kier alpha value is -0.0800. The fourth-order valence-electron chi connectivity index (χ4n) is 0.668. The fraction of sp³-hybridized carbons (Fsp3) is 0.857. The first-order valence-corrected chi connectivity index (χ1v) is 3.36. The van der Waals surface area contributed by atoms with Crippen LogP contribution in [0.4, 0.5) is 0 Å². The predicted molar refractivity (Wildman–Crippen MR) is 35.8 cm³/mol. The molecule has 0 spiro atoms. The smallest absolute Gasteiger partial charge is 0.218 e. The van der Waals surface area contributed by atoms with Crippen molar-refractivity contribution < 1.29 is 10.2 Å². The monoisotopic (exact) mass is 131 g/mol. The van der Waals surface area contributed by atoms with Crippen molar-refractivity contribution in [2.45, 2.75) is 33.1 Å². The van der Waals surface area contributed by atoms with Crippen molar-refractivity contribution in [1.29, 1.82) is 0 Å². The standard InChI is InChI=1S/C7H15O2/c1-6(2)4-3-5-7(8)9/h6,8-9H,3-5H2,1-2H3. The predicted octanol–water partition coefficient (Wildman–Crippen LogP) is 2.05. The molecular weight excluding hydrogens is 116 g/mol. The highest BCUT2D eigenvalue weighted by Gasteiger charge is 1.99. The molecule has 0 aliphatic carbocycles. The molecule has 0 unspecified atom stereocenters. The summed E-state index contributed by atoms with van der Waals surface area (Å²) in [5, 5.41) is 16.7. The second-order valence-corrected chi connectivity index (χ2v) is 2.70. The van der Waals surface area contributed by atoms with Crippen LogP contribution < -0.4 is 0 Å². The molecule has 55 valence electrons. The quantitative estimate of drug-likeness (QED) is 0.613. The van der Waals surface area contributed by atoms with E-state index in [0.29, 0.717) is 12.3 Å². The van der Waals surface area contributed by atoms with Gasteiger partial charge < -0.3 is 10.2 Å². The first kappa shape index (κ1) is 8.92. The third kappa shape index (κ3) is 7.92. The minimum Gasteiger partial charge on any atom is -0.361 e. The molecule has 1 radical (unpaired) electrons. The second-order valence-electron chi connectivity index (χ2n) is 2.70. The van der Waals surface area contributed by atoms with E-state index in [1.54, 1.807) is 0 Å². The Balaban J connectivity index is 2.91. The minimum atomic E-state index is -0.435. The lowest BCUT2D eigenvalue weighted by atomic mass is 10.1. The van der Waals surface area contributed by atoms with Crippen molar-refractivity contribution >= 4 is 0 Å². The minimum absolute atomic E-state index is 0.429. The van der Waals surface area contributed by atoms with Gasteiger partial charge >= 0.3 is 0 Å². The molecular formula is C7H15O2. The lowest BCUT2D eigenvalue weighted by Crippen LogP contribution is -1.94. The van der Waals surface area contributed by atoms with Gasteiger partial charge in [-0.2, -0.15) is 0 Å². The normalized spacial score (nSPS) is 11.3. The average molecular weight is 131 g/mol. The summed E-state index contributed by atoms with van der Waals surface area (Å²) in [5.41, 5.74) is 0. The van der Waals surface area contributed by atoms with Crippen molar-refractivity contribution in [1.82, 2.24) is 0 Å². The van der Waals surface area contributed by atoms with Crippen LogP contribution in [0, 0.1) is 12.2 Å². The van der Waals surface area contributed by atoms with Crippen LogP contribution in [0.3, 0.4) is 0 Å². The van der Waals surface area contributed by atoms with Crippen LogP contribution in [0.15, 0.2) is 0 Å². The van der Waals surface area contributed by atoms with Crippen molar-refractivity contribution in [3.8, 4) is 0 Å². The molecule has 0 saturated carbocycles. The molecule has 0 saturated heterocycles. The first-order valence-electron chi connectivity index (χ1n) is 3.36. The molecule has 0 bridgehead atoms. The Morgan fingerprint density at radius 3 is 2.22 bits per heavy atom. The molecule has 9 heavy (non-hydrogen) atoms. The molecule has 0 aliphatic heterocycles. The van der Waals surface area contributed by atoms with Crippen molar-refractivity contribution in [3.05, 3.63) is 6.29 Å². The third-order valence-corrected chi connectivity index (χ3v) is 1.18. The molecule has 0 rings (SSSR count). The van der Waals surface area contributed by atoms with Gasteiger partial charge in [0.25, 0.3) is 0 Å². The summed E-state index contributed by atoms with van der Waals surface area (Å²) >= 11 is 0. The van der Waals surface area contributed by atoms with E-state index in [4.69, 9.17) is 10.2 Å². The molecule has 2 N–H and O–H groups in total. The fourth-order valence-corrected chi connectivity index (χ4v) is 0.668. The van der Waals surface area contributed by atoms with E-state index in [-0.39, 0.29) is 0 Å². The molecule has 0 aromatic heterocycles. The van der Waals surface area contributed by atoms with E-state index >= 15 is 0 Å². The van der Waals surface area contributed by atoms with Gasteiger partial charge in [0.1, 0.15) is 0 Å². The summed E-state index contributed by atoms with van der Waals surface area (Å²) in [6.07, 6.45) is 1.93. The Bertz CT molecular complexity index is 51.9. The molecule has 0 aliphatic rings. The maximum absolute atomic E-state index is 8.34. The highest BCUT2D eigenvalue weighted by Crippen LogP contribution is 2.09. The molecule has 2 nitrogen and oxygen atoms in total. The number of hydrogen-bond donors (Lipinski definition) is 2. The van der Waals surface area contributed by atoms with Crippen LogP contribution in [0.5, 0.6) is 0 Å². The van der Waals surface area contributed by atoms with E-state index < -0.39 is 6.29 Å². The van der Waals surface area contributed by atoms with E-state index in [2.05, 4.69) is 13.8 Å². The van der Waals surface area contributed by atoms with Crippen LogP contribution in [0.1, 0.15) is 33.1 Å². The summed E-state index contributed by atoms with van der Waals surface area (Å²) in [5.74, 6) is 0.657. The van der Waals surface area contributed by atoms with Gasteiger partial charge in [0.15, 0.2) is 0 Å². The maximum Gasteiger partial charge on any atom is 0.218 e. The van der Waals surface area contributed by atoms with E-state index in [1.165, 1.54) is 0 Å². The highest BCUT2D eigenvalue weighted by molar-refractivity contribution is 4.57. The van der Waals surface area contributed by atoms with E-state index in [0.717, 1.165) is 12.8 Å². The summed E-state index contributed by atoms with van der Waals surface area (Å²) in [6.45, 7) is 4.24. The number of rotatable bonds is 4. The lowest BCUT2D eigenvalue weighted by Gasteiger charge is -2.03. The van der Waals surface area contributed by atoms with Gasteiger partial charge in [-0.15, -0.1) is 0 Å². The second kappa shape index (κ2) is 4.77. The van der Waals surface area contributed by atoms with Gasteiger partial charge in [0.2, 0.25) is 6.29 Å². The van der Waals surface area contributed by atoms with Crippen molar-refractivity contribution in [2.75, 3.05) is 0 Å². The van der Waals surface area contributed by atoms with Crippen LogP contribution >= 0.6 is 0 Å². The van der Waals surface area contributed by atoms with Crippen LogP contribution in [0.2, 0.25) is 0 Å². The SMILES string of the molecule is CC(C)CCC[C](O)O. The van der Waals surface area contributed by atoms with Crippen molar-refractivity contribution in [2.24, 2.45) is 5.92 Å². The zero-order chi connectivity index (χ0) is 7.28. The molecule has 0 aromatic carbocycles.